The molecule has 0 fully saturated rings. The van der Waals surface area contributed by atoms with E-state index in [0.29, 0.717) is 5.82 Å². The average Bonchev–Trinajstić information content (AvgIpc) is 2.87. The number of nitrogen functional groups attached to an aromatic ring is 1. The minimum atomic E-state index is 0.573. The van der Waals surface area contributed by atoms with Gasteiger partial charge in [0.05, 0.1) is 15.1 Å². The van der Waals surface area contributed by atoms with Crippen molar-refractivity contribution in [3.05, 3.63) is 28.0 Å². The molecule has 3 rings (SSSR count). The van der Waals surface area contributed by atoms with Crippen molar-refractivity contribution in [3.63, 3.8) is 0 Å². The smallest absolute Gasteiger partial charge is 0.172 e. The fourth-order valence-corrected chi connectivity index (χ4v) is 3.38. The summed E-state index contributed by atoms with van der Waals surface area (Å²) < 4.78 is 0.971. The van der Waals surface area contributed by atoms with Gasteiger partial charge in [-0.05, 0) is 36.9 Å². The molecule has 3 aromatic heterocycles. The van der Waals surface area contributed by atoms with Crippen LogP contribution in [0.4, 0.5) is 5.82 Å². The Kier molecular flexibility index (Phi) is 2.38. The molecule has 0 spiro atoms. The molecule has 0 unspecified atom stereocenters. The maximum atomic E-state index is 5.95. The molecule has 0 aliphatic carbocycles. The maximum absolute atomic E-state index is 5.95. The zero-order chi connectivity index (χ0) is 12.0. The van der Waals surface area contributed by atoms with E-state index in [1.165, 1.54) is 10.4 Å². The van der Waals surface area contributed by atoms with Gasteiger partial charge in [0, 0.05) is 4.88 Å². The Bertz CT molecular complexity index is 677. The molecule has 3 aromatic rings. The average molecular weight is 261 g/mol. The number of aryl methyl sites for hydroxylation is 2. The Morgan fingerprint density at radius 1 is 1.24 bits per heavy atom. The zero-order valence-electron chi connectivity index (χ0n) is 9.52. The fraction of sp³-hybridized carbons (Fsp3) is 0.167. The van der Waals surface area contributed by atoms with E-state index in [2.05, 4.69) is 29.9 Å². The van der Waals surface area contributed by atoms with Crippen LogP contribution in [0, 0.1) is 13.8 Å². The Morgan fingerprint density at radius 2 is 2.06 bits per heavy atom. The summed E-state index contributed by atoms with van der Waals surface area (Å²) in [6.45, 7) is 4.21. The summed E-state index contributed by atoms with van der Waals surface area (Å²) >= 11 is 3.29. The van der Waals surface area contributed by atoms with Crippen LogP contribution in [0.2, 0.25) is 0 Å². The van der Waals surface area contributed by atoms with Crippen LogP contribution in [0.3, 0.4) is 0 Å². The highest BCUT2D eigenvalue weighted by molar-refractivity contribution is 7.17. The number of hydrogen-bond donors (Lipinski definition) is 1. The molecule has 5 heteroatoms. The van der Waals surface area contributed by atoms with E-state index in [0.717, 1.165) is 20.9 Å². The maximum Gasteiger partial charge on any atom is 0.172 e. The first-order valence-corrected chi connectivity index (χ1v) is 6.93. The van der Waals surface area contributed by atoms with Gasteiger partial charge in [0.15, 0.2) is 5.82 Å². The first-order valence-electron chi connectivity index (χ1n) is 5.23. The number of nitrogens with zero attached hydrogens (tertiary/aromatic N) is 2. The van der Waals surface area contributed by atoms with E-state index in [1.54, 1.807) is 22.7 Å². The normalized spacial score (nSPS) is 11.2. The van der Waals surface area contributed by atoms with Gasteiger partial charge in [-0.15, -0.1) is 22.7 Å². The molecule has 2 N–H and O–H groups in total. The van der Waals surface area contributed by atoms with E-state index in [-0.39, 0.29) is 0 Å². The van der Waals surface area contributed by atoms with Crippen LogP contribution in [0.5, 0.6) is 0 Å². The number of hydrogen-bond acceptors (Lipinski definition) is 5. The molecule has 0 aliphatic heterocycles. The predicted octanol–water partition coefficient (Wildman–Crippen LogP) is 3.62. The third-order valence-corrected chi connectivity index (χ3v) is 4.79. The highest BCUT2D eigenvalue weighted by Gasteiger charge is 2.11. The standard InChI is InChI=1S/C12H11N3S2/c1-6-5-9(17-7(6)2)12-14-8-3-4-16-10(8)11(13)15-12/h3-5H,1-2H3,(H2,13,14,15). The summed E-state index contributed by atoms with van der Waals surface area (Å²) in [5.41, 5.74) is 8.15. The van der Waals surface area contributed by atoms with Crippen molar-refractivity contribution in [3.8, 4) is 10.7 Å². The second-order valence-corrected chi connectivity index (χ2v) is 6.09. The van der Waals surface area contributed by atoms with Gasteiger partial charge in [-0.25, -0.2) is 9.97 Å². The summed E-state index contributed by atoms with van der Waals surface area (Å²) in [5, 5.41) is 1.99. The fourth-order valence-electron chi connectivity index (χ4n) is 1.68. The van der Waals surface area contributed by atoms with Crippen LogP contribution in [0.15, 0.2) is 17.5 Å². The summed E-state index contributed by atoms with van der Waals surface area (Å²) in [4.78, 5) is 11.3. The first kappa shape index (κ1) is 10.7. The van der Waals surface area contributed by atoms with Gasteiger partial charge >= 0.3 is 0 Å². The first-order chi connectivity index (χ1) is 8.15. The van der Waals surface area contributed by atoms with Gasteiger partial charge in [0.1, 0.15) is 5.82 Å². The molecule has 0 radical (unpaired) electrons. The molecule has 0 atom stereocenters. The highest BCUT2D eigenvalue weighted by Crippen LogP contribution is 2.32. The molecular formula is C12H11N3S2. The summed E-state index contributed by atoms with van der Waals surface area (Å²) in [5.74, 6) is 1.30. The number of thiophene rings is 2. The topological polar surface area (TPSA) is 51.8 Å². The van der Waals surface area contributed by atoms with Crippen molar-refractivity contribution in [2.45, 2.75) is 13.8 Å². The van der Waals surface area contributed by atoms with Crippen LogP contribution in [-0.4, -0.2) is 9.97 Å². The number of aromatic nitrogens is 2. The predicted molar refractivity (Wildman–Crippen MR) is 74.6 cm³/mol. The SMILES string of the molecule is Cc1cc(-c2nc(N)c3sccc3n2)sc1C. The molecule has 3 nitrogen and oxygen atoms in total. The minimum absolute atomic E-state index is 0.573. The van der Waals surface area contributed by atoms with Crippen LogP contribution in [0.25, 0.3) is 20.9 Å². The monoisotopic (exact) mass is 261 g/mol. The van der Waals surface area contributed by atoms with Gasteiger partial charge in [-0.2, -0.15) is 0 Å². The zero-order valence-corrected chi connectivity index (χ0v) is 11.2. The molecule has 3 heterocycles. The summed E-state index contributed by atoms with van der Waals surface area (Å²) in [6.07, 6.45) is 0. The Labute approximate surface area is 107 Å². The number of anilines is 1. The van der Waals surface area contributed by atoms with E-state index in [4.69, 9.17) is 5.73 Å². The van der Waals surface area contributed by atoms with Gasteiger partial charge in [-0.1, -0.05) is 0 Å². The lowest BCUT2D eigenvalue weighted by Crippen LogP contribution is -1.94. The highest BCUT2D eigenvalue weighted by atomic mass is 32.1. The molecule has 0 bridgehead atoms. The van der Waals surface area contributed by atoms with Gasteiger partial charge in [-0.3, -0.25) is 0 Å². The summed E-state index contributed by atoms with van der Waals surface area (Å²) in [7, 11) is 0. The largest absolute Gasteiger partial charge is 0.382 e. The lowest BCUT2D eigenvalue weighted by atomic mass is 10.3. The Balaban J connectivity index is 2.23. The lowest BCUT2D eigenvalue weighted by Gasteiger charge is -1.99. The number of nitrogens with two attached hydrogens (primary N) is 1. The van der Waals surface area contributed by atoms with E-state index < -0.39 is 0 Å². The van der Waals surface area contributed by atoms with Crippen LogP contribution in [0.1, 0.15) is 10.4 Å². The van der Waals surface area contributed by atoms with Crippen molar-refractivity contribution in [1.82, 2.24) is 9.97 Å². The number of fused-ring (bicyclic) bond motifs is 1. The molecule has 0 amide bonds. The van der Waals surface area contributed by atoms with Crippen LogP contribution in [-0.2, 0) is 0 Å². The third kappa shape index (κ3) is 1.71. The van der Waals surface area contributed by atoms with Crippen molar-refractivity contribution < 1.29 is 0 Å². The van der Waals surface area contributed by atoms with Gasteiger partial charge in [0.25, 0.3) is 0 Å². The quantitative estimate of drug-likeness (QED) is 0.728. The molecule has 0 saturated heterocycles. The number of rotatable bonds is 1. The molecule has 86 valence electrons. The molecule has 17 heavy (non-hydrogen) atoms. The molecule has 0 aliphatic rings. The molecule has 0 saturated carbocycles. The molecule has 0 aromatic carbocycles. The van der Waals surface area contributed by atoms with Crippen LogP contribution >= 0.6 is 22.7 Å². The minimum Gasteiger partial charge on any atom is -0.382 e. The van der Waals surface area contributed by atoms with Crippen LogP contribution < -0.4 is 5.73 Å². The van der Waals surface area contributed by atoms with E-state index in [9.17, 15) is 0 Å². The third-order valence-electron chi connectivity index (χ3n) is 2.72. The van der Waals surface area contributed by atoms with Gasteiger partial charge < -0.3 is 5.73 Å². The second kappa shape index (κ2) is 3.78. The van der Waals surface area contributed by atoms with Crippen molar-refractivity contribution >= 4 is 38.7 Å². The van der Waals surface area contributed by atoms with Crippen molar-refractivity contribution in [2.24, 2.45) is 0 Å². The van der Waals surface area contributed by atoms with Crippen molar-refractivity contribution in [2.75, 3.05) is 5.73 Å². The van der Waals surface area contributed by atoms with E-state index in [1.807, 2.05) is 11.4 Å². The van der Waals surface area contributed by atoms with Crippen molar-refractivity contribution in [1.29, 1.82) is 0 Å². The lowest BCUT2D eigenvalue weighted by molar-refractivity contribution is 1.25. The van der Waals surface area contributed by atoms with E-state index >= 15 is 0 Å². The summed E-state index contributed by atoms with van der Waals surface area (Å²) in [6, 6.07) is 4.10. The molecular weight excluding hydrogens is 250 g/mol. The van der Waals surface area contributed by atoms with Gasteiger partial charge in [0.2, 0.25) is 0 Å². The second-order valence-electron chi connectivity index (χ2n) is 3.92. The Morgan fingerprint density at radius 3 is 2.76 bits per heavy atom. The Hall–Kier alpha value is -1.46.